The van der Waals surface area contributed by atoms with Crippen molar-refractivity contribution >= 4 is 23.5 Å². The summed E-state index contributed by atoms with van der Waals surface area (Å²) in [6.07, 6.45) is -2.42. The molecule has 1 saturated heterocycles. The number of urea groups is 1. The van der Waals surface area contributed by atoms with Crippen LogP contribution in [-0.2, 0) is 10.9 Å². The number of carbonyl (C=O) groups is 1. The second-order valence-corrected chi connectivity index (χ2v) is 8.97. The minimum Gasteiger partial charge on any atom is -0.428 e. The number of hydrogen-bond donors (Lipinski definition) is 3. The number of halogens is 4. The Morgan fingerprint density at radius 1 is 1.33 bits per heavy atom. The molecule has 13 heteroatoms. The third-order valence-electron chi connectivity index (χ3n) is 6.32. The average molecular weight is 503 g/mol. The molecule has 2 aromatic rings. The van der Waals surface area contributed by atoms with Gasteiger partial charge in [0.05, 0.1) is 11.3 Å². The number of nitrogens with one attached hydrogen (secondary N) is 3. The quantitative estimate of drug-likeness (QED) is 0.309. The number of ether oxygens (including phenoxy) is 1. The first-order chi connectivity index (χ1) is 16.9. The molecule has 1 aromatic heterocycles. The van der Waals surface area contributed by atoms with Crippen LogP contribution >= 0.6 is 0 Å². The molecule has 2 amide bonds. The van der Waals surface area contributed by atoms with Crippen LogP contribution in [0, 0.1) is 33.9 Å². The summed E-state index contributed by atoms with van der Waals surface area (Å²) in [5.41, 5.74) is -3.84. The topological polar surface area (TPSA) is 139 Å². The van der Waals surface area contributed by atoms with Gasteiger partial charge < -0.3 is 15.0 Å². The minimum atomic E-state index is -4.96. The third kappa shape index (κ3) is 4.34. The van der Waals surface area contributed by atoms with Crippen LogP contribution in [0.15, 0.2) is 24.4 Å². The number of aromatic nitrogens is 2. The number of benzene rings is 1. The molecule has 188 valence electrons. The summed E-state index contributed by atoms with van der Waals surface area (Å²) in [5.74, 6) is -2.15. The van der Waals surface area contributed by atoms with Crippen LogP contribution in [0.3, 0.4) is 0 Å². The fraction of sp³-hybridized carbons (Fsp3) is 0.391. The fourth-order valence-corrected chi connectivity index (χ4v) is 5.03. The lowest BCUT2D eigenvalue weighted by molar-refractivity contribution is -0.137. The van der Waals surface area contributed by atoms with E-state index in [9.17, 15) is 22.4 Å². The van der Waals surface area contributed by atoms with Gasteiger partial charge in [-0.3, -0.25) is 10.8 Å². The molecule has 0 unspecified atom stereocenters. The monoisotopic (exact) mass is 503 g/mol. The predicted molar refractivity (Wildman–Crippen MR) is 120 cm³/mol. The Balaban J connectivity index is 1.71. The van der Waals surface area contributed by atoms with Crippen molar-refractivity contribution in [1.82, 2.24) is 14.9 Å². The highest BCUT2D eigenvalue weighted by Crippen LogP contribution is 2.51. The van der Waals surface area contributed by atoms with E-state index in [4.69, 9.17) is 20.8 Å². The highest BCUT2D eigenvalue weighted by atomic mass is 19.4. The fourth-order valence-electron chi connectivity index (χ4n) is 5.03. The highest BCUT2D eigenvalue weighted by Gasteiger charge is 2.62. The molecule has 4 rings (SSSR count). The molecular weight excluding hydrogens is 482 g/mol. The van der Waals surface area contributed by atoms with Gasteiger partial charge in [-0.2, -0.15) is 18.4 Å². The molecule has 1 aliphatic carbocycles. The third-order valence-corrected chi connectivity index (χ3v) is 6.32. The number of carbonyl (C=O) groups excluding carboxylic acids is 1. The van der Waals surface area contributed by atoms with Gasteiger partial charge in [-0.15, -0.1) is 0 Å². The predicted octanol–water partition coefficient (Wildman–Crippen LogP) is 4.94. The molecule has 36 heavy (non-hydrogen) atoms. The van der Waals surface area contributed by atoms with E-state index < -0.39 is 46.2 Å². The number of rotatable bonds is 3. The Morgan fingerprint density at radius 2 is 2.06 bits per heavy atom. The van der Waals surface area contributed by atoms with Gasteiger partial charge in [-0.25, -0.2) is 19.2 Å². The van der Waals surface area contributed by atoms with Crippen molar-refractivity contribution < 1.29 is 27.1 Å². The van der Waals surface area contributed by atoms with E-state index in [1.165, 1.54) is 17.9 Å². The van der Waals surface area contributed by atoms with Crippen molar-refractivity contribution in [2.24, 2.45) is 5.92 Å². The van der Waals surface area contributed by atoms with Crippen molar-refractivity contribution in [3.8, 4) is 17.5 Å². The van der Waals surface area contributed by atoms with Crippen LogP contribution < -0.4 is 5.32 Å². The molecule has 3 N–H and O–H groups in total. The minimum absolute atomic E-state index is 0.154. The molecule has 0 spiro atoms. The Hall–Kier alpha value is -4.08. The number of hydrogen-bond acceptors (Lipinski definition) is 7. The number of amides is 2. The zero-order chi connectivity index (χ0) is 26.4. The average Bonchev–Trinajstić information content (AvgIpc) is 2.78. The summed E-state index contributed by atoms with van der Waals surface area (Å²) in [6.45, 7) is 3.30. The summed E-state index contributed by atoms with van der Waals surface area (Å²) in [5, 5.41) is 27.2. The molecular formula is C23H21F4N7O2. The van der Waals surface area contributed by atoms with Crippen molar-refractivity contribution in [3.63, 3.8) is 0 Å². The highest BCUT2D eigenvalue weighted by molar-refractivity contribution is 6.00. The lowest BCUT2D eigenvalue weighted by atomic mass is 9.64. The summed E-state index contributed by atoms with van der Waals surface area (Å²) >= 11 is 0. The maximum Gasteiger partial charge on any atom is 0.417 e. The molecule has 2 aliphatic rings. The number of anilines is 1. The summed E-state index contributed by atoms with van der Waals surface area (Å²) < 4.78 is 61.1. The first kappa shape index (κ1) is 25.0. The molecule has 1 saturated carbocycles. The SMILES string of the molecule is CC(=N)OC(=N)[C@]12C[C@H](C)C[C@H](C1)N2C(=O)Nc1cc(-c2nccc(C#N)n2)c(C(F)(F)F)cc1F. The van der Waals surface area contributed by atoms with Crippen molar-refractivity contribution in [3.05, 3.63) is 41.5 Å². The maximum absolute atomic E-state index is 14.8. The standard InChI is InChI=1S/C23H21F4N7O2/c1-11-5-14-9-22(8-11,20(30)36-12(2)29)34(14)21(35)33-18-6-15(16(7-17(18)24)23(25,26)27)19-31-4-3-13(10-28)32-19/h3-4,6-7,11,14,29-30H,5,8-9H2,1-2H3,(H,33,35)/t11-,14-,22+/m1/s1. The van der Waals surface area contributed by atoms with Gasteiger partial charge in [0.1, 0.15) is 23.1 Å². The van der Waals surface area contributed by atoms with Crippen LogP contribution in [-0.4, -0.2) is 44.3 Å². The summed E-state index contributed by atoms with van der Waals surface area (Å²) in [4.78, 5) is 22.1. The van der Waals surface area contributed by atoms with Crippen LogP contribution in [0.2, 0.25) is 0 Å². The van der Waals surface area contributed by atoms with Crippen molar-refractivity contribution in [1.29, 1.82) is 16.1 Å². The van der Waals surface area contributed by atoms with E-state index in [-0.39, 0.29) is 35.5 Å². The number of fused-ring (bicyclic) bond motifs is 2. The van der Waals surface area contributed by atoms with Crippen LogP contribution in [0.4, 0.5) is 28.0 Å². The van der Waals surface area contributed by atoms with E-state index in [1.54, 1.807) is 6.07 Å². The Morgan fingerprint density at radius 3 is 2.69 bits per heavy atom. The number of piperidine rings is 1. The second-order valence-electron chi connectivity index (χ2n) is 8.97. The van der Waals surface area contributed by atoms with Crippen molar-refractivity contribution in [2.75, 3.05) is 5.32 Å². The van der Waals surface area contributed by atoms with Gasteiger partial charge in [0.15, 0.2) is 11.7 Å². The Bertz CT molecular complexity index is 1310. The number of likely N-dealkylation sites (tertiary alicyclic amines) is 1. The van der Waals surface area contributed by atoms with Crippen LogP contribution in [0.5, 0.6) is 0 Å². The maximum atomic E-state index is 14.8. The molecule has 9 nitrogen and oxygen atoms in total. The lowest BCUT2D eigenvalue weighted by Gasteiger charge is -2.62. The summed E-state index contributed by atoms with van der Waals surface area (Å²) in [6, 6.07) is 2.84. The molecule has 1 aromatic carbocycles. The van der Waals surface area contributed by atoms with E-state index in [1.807, 2.05) is 6.92 Å². The molecule has 2 heterocycles. The van der Waals surface area contributed by atoms with Gasteiger partial charge in [-0.1, -0.05) is 6.92 Å². The van der Waals surface area contributed by atoms with Gasteiger partial charge in [0, 0.05) is 31.1 Å². The van der Waals surface area contributed by atoms with E-state index >= 15 is 0 Å². The summed E-state index contributed by atoms with van der Waals surface area (Å²) in [7, 11) is 0. The van der Waals surface area contributed by atoms with Crippen molar-refractivity contribution in [2.45, 2.75) is 50.9 Å². The van der Waals surface area contributed by atoms with E-state index in [2.05, 4.69) is 15.3 Å². The van der Waals surface area contributed by atoms with Crippen LogP contribution in [0.1, 0.15) is 44.4 Å². The molecule has 1 aliphatic heterocycles. The lowest BCUT2D eigenvalue weighted by Crippen LogP contribution is -2.75. The zero-order valence-corrected chi connectivity index (χ0v) is 19.2. The molecule has 2 fully saturated rings. The van der Waals surface area contributed by atoms with E-state index in [0.717, 1.165) is 12.3 Å². The second kappa shape index (κ2) is 8.85. The Kier molecular flexibility index (Phi) is 6.15. The van der Waals surface area contributed by atoms with Gasteiger partial charge in [0.25, 0.3) is 0 Å². The van der Waals surface area contributed by atoms with Crippen LogP contribution in [0.25, 0.3) is 11.4 Å². The van der Waals surface area contributed by atoms with Gasteiger partial charge in [0.2, 0.25) is 5.90 Å². The Labute approximate surface area is 203 Å². The molecule has 2 bridgehead atoms. The van der Waals surface area contributed by atoms with E-state index in [0.29, 0.717) is 19.3 Å². The largest absolute Gasteiger partial charge is 0.428 e. The normalized spacial score (nSPS) is 22.8. The number of nitrogens with zero attached hydrogens (tertiary/aromatic N) is 4. The first-order valence-corrected chi connectivity index (χ1v) is 10.9. The number of nitriles is 1. The van der Waals surface area contributed by atoms with Gasteiger partial charge in [-0.05, 0) is 37.0 Å². The first-order valence-electron chi connectivity index (χ1n) is 10.9. The molecule has 0 radical (unpaired) electrons. The molecule has 3 atom stereocenters. The zero-order valence-electron chi connectivity index (χ0n) is 19.2. The number of alkyl halides is 3. The van der Waals surface area contributed by atoms with Gasteiger partial charge >= 0.3 is 12.2 Å². The smallest absolute Gasteiger partial charge is 0.417 e.